The first-order chi connectivity index (χ1) is 9.29. The molecule has 2 rings (SSSR count). The summed E-state index contributed by atoms with van der Waals surface area (Å²) in [5, 5.41) is 5.75. The van der Waals surface area contributed by atoms with Crippen molar-refractivity contribution < 1.29 is 4.79 Å². The number of anilines is 1. The van der Waals surface area contributed by atoms with E-state index in [4.69, 9.17) is 0 Å². The van der Waals surface area contributed by atoms with Crippen LogP contribution in [0, 0.1) is 0 Å². The Kier molecular flexibility index (Phi) is 4.44. The van der Waals surface area contributed by atoms with Gasteiger partial charge in [-0.25, -0.2) is 9.97 Å². The average molecular weight is 256 g/mol. The van der Waals surface area contributed by atoms with Crippen LogP contribution >= 0.6 is 0 Å². The first-order valence-corrected chi connectivity index (χ1v) is 6.11. The Bertz CT molecular complexity index is 542. The molecule has 0 aliphatic rings. The van der Waals surface area contributed by atoms with Gasteiger partial charge in [0.25, 0.3) is 5.91 Å². The Morgan fingerprint density at radius 1 is 1.21 bits per heavy atom. The van der Waals surface area contributed by atoms with Crippen molar-refractivity contribution in [1.82, 2.24) is 15.3 Å². The standard InChI is InChI=1S/C14H16N4O/c1-15-13(19)12-5-2-4-11(10-12)6-9-18-14-16-7-3-8-17-14/h2-5,7-8,10H,6,9H2,1H3,(H,15,19)(H,16,17,18). The fraction of sp³-hybridized carbons (Fsp3) is 0.214. The molecule has 5 nitrogen and oxygen atoms in total. The summed E-state index contributed by atoms with van der Waals surface area (Å²) in [6.45, 7) is 0.723. The molecule has 0 atom stereocenters. The lowest BCUT2D eigenvalue weighted by Crippen LogP contribution is -2.18. The molecule has 0 fully saturated rings. The minimum absolute atomic E-state index is 0.0683. The molecule has 2 aromatic rings. The molecule has 0 unspecified atom stereocenters. The van der Waals surface area contributed by atoms with Gasteiger partial charge in [-0.1, -0.05) is 12.1 Å². The molecule has 19 heavy (non-hydrogen) atoms. The predicted octanol–water partition coefficient (Wildman–Crippen LogP) is 1.49. The van der Waals surface area contributed by atoms with Crippen LogP contribution in [0.5, 0.6) is 0 Å². The van der Waals surface area contributed by atoms with Crippen LogP contribution in [-0.4, -0.2) is 29.5 Å². The summed E-state index contributed by atoms with van der Waals surface area (Å²) < 4.78 is 0. The number of carbonyl (C=O) groups is 1. The fourth-order valence-corrected chi connectivity index (χ4v) is 1.72. The van der Waals surface area contributed by atoms with E-state index in [1.54, 1.807) is 31.6 Å². The number of rotatable bonds is 5. The number of amides is 1. The second kappa shape index (κ2) is 6.49. The second-order valence-electron chi connectivity index (χ2n) is 4.03. The van der Waals surface area contributed by atoms with E-state index in [9.17, 15) is 4.79 Å². The van der Waals surface area contributed by atoms with Crippen LogP contribution in [0.25, 0.3) is 0 Å². The Labute approximate surface area is 112 Å². The number of hydrogen-bond acceptors (Lipinski definition) is 4. The van der Waals surface area contributed by atoms with E-state index in [0.29, 0.717) is 11.5 Å². The minimum Gasteiger partial charge on any atom is -0.355 e. The molecule has 2 N–H and O–H groups in total. The van der Waals surface area contributed by atoms with Crippen molar-refractivity contribution in [1.29, 1.82) is 0 Å². The summed E-state index contributed by atoms with van der Waals surface area (Å²) in [6.07, 6.45) is 4.20. The minimum atomic E-state index is -0.0683. The van der Waals surface area contributed by atoms with E-state index >= 15 is 0 Å². The molecule has 1 heterocycles. The first-order valence-electron chi connectivity index (χ1n) is 6.11. The van der Waals surface area contributed by atoms with Gasteiger partial charge in [0.15, 0.2) is 0 Å². The van der Waals surface area contributed by atoms with E-state index in [2.05, 4.69) is 20.6 Å². The number of nitrogens with one attached hydrogen (secondary N) is 2. The van der Waals surface area contributed by atoms with Gasteiger partial charge in [-0.2, -0.15) is 0 Å². The van der Waals surface area contributed by atoms with Crippen LogP contribution in [0.3, 0.4) is 0 Å². The van der Waals surface area contributed by atoms with E-state index in [0.717, 1.165) is 18.5 Å². The Hall–Kier alpha value is -2.43. The van der Waals surface area contributed by atoms with Crippen molar-refractivity contribution in [3.8, 4) is 0 Å². The lowest BCUT2D eigenvalue weighted by molar-refractivity contribution is 0.0963. The van der Waals surface area contributed by atoms with Gasteiger partial charge in [-0.05, 0) is 30.2 Å². The monoisotopic (exact) mass is 256 g/mol. The zero-order chi connectivity index (χ0) is 13.5. The van der Waals surface area contributed by atoms with Gasteiger partial charge in [-0.3, -0.25) is 4.79 Å². The van der Waals surface area contributed by atoms with Crippen molar-refractivity contribution in [2.45, 2.75) is 6.42 Å². The summed E-state index contributed by atoms with van der Waals surface area (Å²) in [5.41, 5.74) is 1.78. The number of carbonyl (C=O) groups excluding carboxylic acids is 1. The maximum atomic E-state index is 11.5. The van der Waals surface area contributed by atoms with Gasteiger partial charge >= 0.3 is 0 Å². The molecule has 1 amide bonds. The molecule has 0 radical (unpaired) electrons. The molecule has 0 bridgehead atoms. The van der Waals surface area contributed by atoms with E-state index in [1.165, 1.54) is 0 Å². The summed E-state index contributed by atoms with van der Waals surface area (Å²) >= 11 is 0. The molecule has 98 valence electrons. The largest absolute Gasteiger partial charge is 0.355 e. The highest BCUT2D eigenvalue weighted by Crippen LogP contribution is 2.06. The number of nitrogens with zero attached hydrogens (tertiary/aromatic N) is 2. The van der Waals surface area contributed by atoms with Crippen molar-refractivity contribution in [2.75, 3.05) is 18.9 Å². The maximum absolute atomic E-state index is 11.5. The zero-order valence-corrected chi connectivity index (χ0v) is 10.8. The molecular weight excluding hydrogens is 240 g/mol. The van der Waals surface area contributed by atoms with Gasteiger partial charge in [0.1, 0.15) is 0 Å². The molecule has 1 aromatic carbocycles. The zero-order valence-electron chi connectivity index (χ0n) is 10.8. The third-order valence-electron chi connectivity index (χ3n) is 2.68. The van der Waals surface area contributed by atoms with Crippen molar-refractivity contribution >= 4 is 11.9 Å². The lowest BCUT2D eigenvalue weighted by Gasteiger charge is -2.06. The van der Waals surface area contributed by atoms with Crippen molar-refractivity contribution in [3.63, 3.8) is 0 Å². The first kappa shape index (κ1) is 13.0. The highest BCUT2D eigenvalue weighted by atomic mass is 16.1. The van der Waals surface area contributed by atoms with Gasteiger partial charge < -0.3 is 10.6 Å². The summed E-state index contributed by atoms with van der Waals surface area (Å²) in [7, 11) is 1.63. The topological polar surface area (TPSA) is 66.9 Å². The van der Waals surface area contributed by atoms with E-state index in [1.807, 2.05) is 18.2 Å². The number of hydrogen-bond donors (Lipinski definition) is 2. The highest BCUT2D eigenvalue weighted by Gasteiger charge is 2.03. The predicted molar refractivity (Wildman–Crippen MR) is 74.1 cm³/mol. The molecule has 0 aliphatic heterocycles. The Morgan fingerprint density at radius 3 is 2.74 bits per heavy atom. The van der Waals surface area contributed by atoms with Crippen LogP contribution < -0.4 is 10.6 Å². The second-order valence-corrected chi connectivity index (χ2v) is 4.03. The molecule has 0 saturated carbocycles. The maximum Gasteiger partial charge on any atom is 0.251 e. The van der Waals surface area contributed by atoms with Crippen LogP contribution in [0.1, 0.15) is 15.9 Å². The average Bonchev–Trinajstić information content (AvgIpc) is 2.48. The molecule has 0 saturated heterocycles. The smallest absolute Gasteiger partial charge is 0.251 e. The highest BCUT2D eigenvalue weighted by molar-refractivity contribution is 5.94. The Balaban J connectivity index is 1.91. The summed E-state index contributed by atoms with van der Waals surface area (Å²) in [6, 6.07) is 9.36. The third kappa shape index (κ3) is 3.77. The lowest BCUT2D eigenvalue weighted by atomic mass is 10.1. The van der Waals surface area contributed by atoms with Gasteiger partial charge in [0.2, 0.25) is 5.95 Å². The fourth-order valence-electron chi connectivity index (χ4n) is 1.72. The van der Waals surface area contributed by atoms with Gasteiger partial charge in [0, 0.05) is 31.5 Å². The normalized spacial score (nSPS) is 9.95. The van der Waals surface area contributed by atoms with Crippen LogP contribution in [0.4, 0.5) is 5.95 Å². The van der Waals surface area contributed by atoms with Crippen molar-refractivity contribution in [2.24, 2.45) is 0 Å². The molecular formula is C14H16N4O. The van der Waals surface area contributed by atoms with Gasteiger partial charge in [0.05, 0.1) is 0 Å². The molecule has 1 aromatic heterocycles. The van der Waals surface area contributed by atoms with Crippen LogP contribution in [0.2, 0.25) is 0 Å². The molecule has 0 aliphatic carbocycles. The van der Waals surface area contributed by atoms with Gasteiger partial charge in [-0.15, -0.1) is 0 Å². The molecule has 5 heteroatoms. The number of benzene rings is 1. The van der Waals surface area contributed by atoms with E-state index in [-0.39, 0.29) is 5.91 Å². The quantitative estimate of drug-likeness (QED) is 0.850. The van der Waals surface area contributed by atoms with E-state index < -0.39 is 0 Å². The van der Waals surface area contributed by atoms with Crippen LogP contribution in [-0.2, 0) is 6.42 Å². The number of aromatic nitrogens is 2. The summed E-state index contributed by atoms with van der Waals surface area (Å²) in [5.74, 6) is 0.547. The molecule has 0 spiro atoms. The summed E-state index contributed by atoms with van der Waals surface area (Å²) in [4.78, 5) is 19.7. The Morgan fingerprint density at radius 2 is 2.00 bits per heavy atom. The van der Waals surface area contributed by atoms with Crippen LogP contribution in [0.15, 0.2) is 42.7 Å². The third-order valence-corrected chi connectivity index (χ3v) is 2.68. The van der Waals surface area contributed by atoms with Crippen molar-refractivity contribution in [3.05, 3.63) is 53.9 Å². The SMILES string of the molecule is CNC(=O)c1cccc(CCNc2ncccn2)c1.